The van der Waals surface area contributed by atoms with E-state index in [9.17, 15) is 9.18 Å². The Labute approximate surface area is 95.0 Å². The SMILES string of the molecule is CC(C)C(C)NC(=O)Nc1ccc(F)cc1. The number of hydrogen-bond donors (Lipinski definition) is 2. The van der Waals surface area contributed by atoms with E-state index in [0.29, 0.717) is 11.6 Å². The monoisotopic (exact) mass is 224 g/mol. The first-order valence-electron chi connectivity index (χ1n) is 5.32. The summed E-state index contributed by atoms with van der Waals surface area (Å²) in [6.07, 6.45) is 0. The van der Waals surface area contributed by atoms with E-state index in [-0.39, 0.29) is 17.9 Å². The number of nitrogens with one attached hydrogen (secondary N) is 2. The molecule has 0 fully saturated rings. The van der Waals surface area contributed by atoms with Gasteiger partial charge < -0.3 is 10.6 Å². The van der Waals surface area contributed by atoms with E-state index in [2.05, 4.69) is 10.6 Å². The van der Waals surface area contributed by atoms with E-state index in [1.54, 1.807) is 0 Å². The molecule has 1 atom stereocenters. The largest absolute Gasteiger partial charge is 0.335 e. The van der Waals surface area contributed by atoms with Crippen molar-refractivity contribution in [3.8, 4) is 0 Å². The lowest BCUT2D eigenvalue weighted by Gasteiger charge is -2.17. The molecular weight excluding hydrogens is 207 g/mol. The van der Waals surface area contributed by atoms with Crippen LogP contribution in [0, 0.1) is 11.7 Å². The highest BCUT2D eigenvalue weighted by Gasteiger charge is 2.10. The van der Waals surface area contributed by atoms with Crippen molar-refractivity contribution < 1.29 is 9.18 Å². The molecule has 0 aromatic heterocycles. The van der Waals surface area contributed by atoms with Gasteiger partial charge in [-0.2, -0.15) is 0 Å². The minimum absolute atomic E-state index is 0.0976. The molecule has 0 aliphatic rings. The molecule has 0 aliphatic heterocycles. The van der Waals surface area contributed by atoms with Crippen LogP contribution >= 0.6 is 0 Å². The molecule has 88 valence electrons. The van der Waals surface area contributed by atoms with Gasteiger partial charge >= 0.3 is 6.03 Å². The molecule has 2 amide bonds. The van der Waals surface area contributed by atoms with Gasteiger partial charge in [-0.05, 0) is 37.1 Å². The third-order valence-electron chi connectivity index (χ3n) is 2.46. The Morgan fingerprint density at radius 2 is 1.75 bits per heavy atom. The third kappa shape index (κ3) is 3.88. The molecule has 0 aliphatic carbocycles. The van der Waals surface area contributed by atoms with E-state index in [1.165, 1.54) is 24.3 Å². The lowest BCUT2D eigenvalue weighted by molar-refractivity contribution is 0.246. The van der Waals surface area contributed by atoms with Gasteiger partial charge in [-0.1, -0.05) is 13.8 Å². The molecule has 0 bridgehead atoms. The quantitative estimate of drug-likeness (QED) is 0.814. The predicted molar refractivity (Wildman–Crippen MR) is 62.9 cm³/mol. The van der Waals surface area contributed by atoms with E-state index in [1.807, 2.05) is 20.8 Å². The fraction of sp³-hybridized carbons (Fsp3) is 0.417. The average Bonchev–Trinajstić information content (AvgIpc) is 2.21. The van der Waals surface area contributed by atoms with Gasteiger partial charge in [-0.15, -0.1) is 0 Å². The number of rotatable bonds is 3. The van der Waals surface area contributed by atoms with Crippen LogP contribution in [0.2, 0.25) is 0 Å². The van der Waals surface area contributed by atoms with E-state index in [0.717, 1.165) is 0 Å². The molecule has 0 heterocycles. The van der Waals surface area contributed by atoms with Crippen molar-refractivity contribution in [3.05, 3.63) is 30.1 Å². The second-order valence-electron chi connectivity index (χ2n) is 4.14. The summed E-state index contributed by atoms with van der Waals surface area (Å²) in [6, 6.07) is 5.49. The standard InChI is InChI=1S/C12H17FN2O/c1-8(2)9(3)14-12(16)15-11-6-4-10(13)5-7-11/h4-9H,1-3H3,(H2,14,15,16). The molecule has 1 aromatic carbocycles. The topological polar surface area (TPSA) is 41.1 Å². The van der Waals surface area contributed by atoms with Crippen LogP contribution < -0.4 is 10.6 Å². The molecule has 4 heteroatoms. The second kappa shape index (κ2) is 5.49. The summed E-state index contributed by atoms with van der Waals surface area (Å²) in [5.41, 5.74) is 0.579. The molecule has 0 spiro atoms. The van der Waals surface area contributed by atoms with Crippen molar-refractivity contribution in [2.75, 3.05) is 5.32 Å². The summed E-state index contributed by atoms with van der Waals surface area (Å²) in [5.74, 6) is 0.0560. The first kappa shape index (κ1) is 12.5. The zero-order chi connectivity index (χ0) is 12.1. The van der Waals surface area contributed by atoms with Gasteiger partial charge in [-0.25, -0.2) is 9.18 Å². The Hall–Kier alpha value is -1.58. The smallest absolute Gasteiger partial charge is 0.319 e. The molecule has 0 saturated heterocycles. The van der Waals surface area contributed by atoms with Crippen molar-refractivity contribution in [1.82, 2.24) is 5.32 Å². The third-order valence-corrected chi connectivity index (χ3v) is 2.46. The number of benzene rings is 1. The normalized spacial score (nSPS) is 12.3. The molecule has 0 radical (unpaired) electrons. The van der Waals surface area contributed by atoms with Gasteiger partial charge in [0.05, 0.1) is 0 Å². The Morgan fingerprint density at radius 1 is 1.19 bits per heavy atom. The summed E-state index contributed by atoms with van der Waals surface area (Å²) in [6.45, 7) is 6.00. The molecule has 3 nitrogen and oxygen atoms in total. The number of amides is 2. The number of halogens is 1. The van der Waals surface area contributed by atoms with E-state index < -0.39 is 0 Å². The Morgan fingerprint density at radius 3 is 2.25 bits per heavy atom. The zero-order valence-electron chi connectivity index (χ0n) is 9.75. The number of carbonyl (C=O) groups excluding carboxylic acids is 1. The van der Waals surface area contributed by atoms with Gasteiger partial charge in [0.25, 0.3) is 0 Å². The van der Waals surface area contributed by atoms with Gasteiger partial charge in [0, 0.05) is 11.7 Å². The second-order valence-corrected chi connectivity index (χ2v) is 4.14. The summed E-state index contributed by atoms with van der Waals surface area (Å²) in [4.78, 5) is 11.5. The van der Waals surface area contributed by atoms with Crippen LogP contribution in [0.25, 0.3) is 0 Å². The van der Waals surface area contributed by atoms with Crippen LogP contribution in [0.1, 0.15) is 20.8 Å². The lowest BCUT2D eigenvalue weighted by Crippen LogP contribution is -2.38. The molecule has 2 N–H and O–H groups in total. The molecule has 16 heavy (non-hydrogen) atoms. The number of carbonyl (C=O) groups is 1. The minimum atomic E-state index is -0.318. The number of urea groups is 1. The lowest BCUT2D eigenvalue weighted by atomic mass is 10.1. The molecule has 1 unspecified atom stereocenters. The molecule has 1 aromatic rings. The summed E-state index contributed by atoms with van der Waals surface area (Å²) in [7, 11) is 0. The van der Waals surface area contributed by atoms with Gasteiger partial charge in [0.1, 0.15) is 5.82 Å². The van der Waals surface area contributed by atoms with Crippen LogP contribution in [-0.4, -0.2) is 12.1 Å². The van der Waals surface area contributed by atoms with E-state index >= 15 is 0 Å². The molecule has 0 saturated carbocycles. The Bertz CT molecular complexity index is 349. The Balaban J connectivity index is 2.48. The van der Waals surface area contributed by atoms with Crippen molar-refractivity contribution in [1.29, 1.82) is 0 Å². The molecular formula is C12H17FN2O. The number of hydrogen-bond acceptors (Lipinski definition) is 1. The maximum absolute atomic E-state index is 12.6. The van der Waals surface area contributed by atoms with Crippen molar-refractivity contribution >= 4 is 11.7 Å². The van der Waals surface area contributed by atoms with Crippen LogP contribution in [0.3, 0.4) is 0 Å². The summed E-state index contributed by atoms with van der Waals surface area (Å²) >= 11 is 0. The number of anilines is 1. The molecule has 1 rings (SSSR count). The zero-order valence-corrected chi connectivity index (χ0v) is 9.75. The average molecular weight is 224 g/mol. The van der Waals surface area contributed by atoms with Crippen LogP contribution in [0.5, 0.6) is 0 Å². The maximum Gasteiger partial charge on any atom is 0.319 e. The maximum atomic E-state index is 12.6. The van der Waals surface area contributed by atoms with E-state index in [4.69, 9.17) is 0 Å². The van der Waals surface area contributed by atoms with Gasteiger partial charge in [-0.3, -0.25) is 0 Å². The van der Waals surface area contributed by atoms with Crippen molar-refractivity contribution in [2.24, 2.45) is 5.92 Å². The fourth-order valence-electron chi connectivity index (χ4n) is 1.07. The van der Waals surface area contributed by atoms with Crippen LogP contribution in [0.4, 0.5) is 14.9 Å². The first-order chi connectivity index (χ1) is 7.49. The van der Waals surface area contributed by atoms with Crippen LogP contribution in [-0.2, 0) is 0 Å². The van der Waals surface area contributed by atoms with Crippen molar-refractivity contribution in [2.45, 2.75) is 26.8 Å². The highest BCUT2D eigenvalue weighted by molar-refractivity contribution is 5.89. The highest BCUT2D eigenvalue weighted by atomic mass is 19.1. The summed E-state index contributed by atoms with van der Waals surface area (Å²) < 4.78 is 12.6. The van der Waals surface area contributed by atoms with Crippen LogP contribution in [0.15, 0.2) is 24.3 Å². The fourth-order valence-corrected chi connectivity index (χ4v) is 1.07. The van der Waals surface area contributed by atoms with Gasteiger partial charge in [0.15, 0.2) is 0 Å². The minimum Gasteiger partial charge on any atom is -0.335 e. The van der Waals surface area contributed by atoms with Gasteiger partial charge in [0.2, 0.25) is 0 Å². The first-order valence-corrected chi connectivity index (χ1v) is 5.32. The summed E-state index contributed by atoms with van der Waals surface area (Å²) in [5, 5.41) is 5.44. The highest BCUT2D eigenvalue weighted by Crippen LogP contribution is 2.08. The van der Waals surface area contributed by atoms with Crippen molar-refractivity contribution in [3.63, 3.8) is 0 Å². The Kier molecular flexibility index (Phi) is 4.28. The predicted octanol–water partition coefficient (Wildman–Crippen LogP) is 2.99.